The number of nitrogens with zero attached hydrogens (tertiary/aromatic N) is 2. The van der Waals surface area contributed by atoms with Crippen LogP contribution >= 0.6 is 0 Å². The second-order valence-electron chi connectivity index (χ2n) is 4.42. The first-order chi connectivity index (χ1) is 9.47. The van der Waals surface area contributed by atoms with E-state index in [2.05, 4.69) is 4.98 Å². The summed E-state index contributed by atoms with van der Waals surface area (Å²) in [4.78, 5) is 3.99. The van der Waals surface area contributed by atoms with Crippen LogP contribution in [-0.2, 0) is 16.4 Å². The normalized spacial score (nSPS) is 11.3. The molecule has 0 saturated heterocycles. The third-order valence-electron chi connectivity index (χ3n) is 2.84. The molecule has 0 aliphatic carbocycles. The molecule has 0 bridgehead atoms. The first-order valence-electron chi connectivity index (χ1n) is 6.09. The Hall–Kier alpha value is -1.95. The Bertz CT molecular complexity index is 657. The third kappa shape index (κ3) is 3.77. The highest BCUT2D eigenvalue weighted by molar-refractivity contribution is 7.92. The van der Waals surface area contributed by atoms with Crippen molar-refractivity contribution in [2.45, 2.75) is 6.42 Å². The summed E-state index contributed by atoms with van der Waals surface area (Å²) in [6.45, 7) is 0.288. The number of rotatable bonds is 5. The summed E-state index contributed by atoms with van der Waals surface area (Å²) in [5, 5.41) is 0. The molecular formula is C14H15FN2O2S. The number of sulfonamides is 1. The SMILES string of the molecule is CS(=O)(=O)N(CCc1cccnc1)c1ccc(F)cc1. The molecule has 0 amide bonds. The van der Waals surface area contributed by atoms with E-state index in [1.165, 1.54) is 28.6 Å². The van der Waals surface area contributed by atoms with Crippen LogP contribution in [0.4, 0.5) is 10.1 Å². The van der Waals surface area contributed by atoms with Crippen LogP contribution in [-0.4, -0.2) is 26.2 Å². The van der Waals surface area contributed by atoms with Gasteiger partial charge in [-0.05, 0) is 42.3 Å². The van der Waals surface area contributed by atoms with E-state index in [1.807, 2.05) is 6.07 Å². The molecule has 6 heteroatoms. The Kier molecular flexibility index (Phi) is 4.34. The van der Waals surface area contributed by atoms with Gasteiger partial charge in [0.25, 0.3) is 0 Å². The zero-order valence-electron chi connectivity index (χ0n) is 11.0. The summed E-state index contributed by atoms with van der Waals surface area (Å²) >= 11 is 0. The van der Waals surface area contributed by atoms with E-state index in [4.69, 9.17) is 0 Å². The minimum atomic E-state index is -3.41. The van der Waals surface area contributed by atoms with Gasteiger partial charge in [0.1, 0.15) is 5.82 Å². The van der Waals surface area contributed by atoms with Crippen LogP contribution in [0, 0.1) is 5.82 Å². The summed E-state index contributed by atoms with van der Waals surface area (Å²) in [5.41, 5.74) is 1.40. The number of anilines is 1. The zero-order chi connectivity index (χ0) is 14.6. The monoisotopic (exact) mass is 294 g/mol. The summed E-state index contributed by atoms with van der Waals surface area (Å²) < 4.78 is 37.9. The standard InChI is InChI=1S/C14H15FN2O2S/c1-20(18,19)17(14-6-4-13(15)5-7-14)10-8-12-3-2-9-16-11-12/h2-7,9,11H,8,10H2,1H3. The average molecular weight is 294 g/mol. The van der Waals surface area contributed by atoms with Gasteiger partial charge < -0.3 is 0 Å². The molecule has 0 saturated carbocycles. The lowest BCUT2D eigenvalue weighted by atomic mass is 10.2. The molecule has 0 aliphatic rings. The van der Waals surface area contributed by atoms with Crippen LogP contribution in [0.1, 0.15) is 5.56 Å². The van der Waals surface area contributed by atoms with Crippen LogP contribution in [0.5, 0.6) is 0 Å². The quantitative estimate of drug-likeness (QED) is 0.849. The maximum absolute atomic E-state index is 12.9. The molecule has 0 aliphatic heterocycles. The molecule has 1 heterocycles. The molecule has 0 unspecified atom stereocenters. The van der Waals surface area contributed by atoms with Crippen molar-refractivity contribution in [1.29, 1.82) is 0 Å². The summed E-state index contributed by atoms with van der Waals surface area (Å²) in [6, 6.07) is 9.10. The van der Waals surface area contributed by atoms with Gasteiger partial charge >= 0.3 is 0 Å². The van der Waals surface area contributed by atoms with Crippen LogP contribution in [0.15, 0.2) is 48.8 Å². The van der Waals surface area contributed by atoms with Crippen molar-refractivity contribution >= 4 is 15.7 Å². The summed E-state index contributed by atoms with van der Waals surface area (Å²) in [6.07, 6.45) is 5.04. The highest BCUT2D eigenvalue weighted by Gasteiger charge is 2.17. The predicted octanol–water partition coefficient (Wildman–Crippen LogP) is 2.23. The molecule has 4 nitrogen and oxygen atoms in total. The van der Waals surface area contributed by atoms with Gasteiger partial charge in [-0.2, -0.15) is 0 Å². The number of halogens is 1. The maximum atomic E-state index is 12.9. The largest absolute Gasteiger partial charge is 0.270 e. The first kappa shape index (κ1) is 14.5. The first-order valence-corrected chi connectivity index (χ1v) is 7.94. The summed E-state index contributed by atoms with van der Waals surface area (Å²) in [7, 11) is -3.41. The van der Waals surface area contributed by atoms with Gasteiger partial charge in [-0.3, -0.25) is 9.29 Å². The van der Waals surface area contributed by atoms with E-state index in [1.54, 1.807) is 18.5 Å². The lowest BCUT2D eigenvalue weighted by molar-refractivity contribution is 0.596. The van der Waals surface area contributed by atoms with Crippen LogP contribution in [0.25, 0.3) is 0 Å². The van der Waals surface area contributed by atoms with E-state index in [9.17, 15) is 12.8 Å². The van der Waals surface area contributed by atoms with Gasteiger partial charge in [0.2, 0.25) is 10.0 Å². The topological polar surface area (TPSA) is 50.3 Å². The minimum Gasteiger partial charge on any atom is -0.270 e. The van der Waals surface area contributed by atoms with E-state index in [0.29, 0.717) is 12.1 Å². The second kappa shape index (κ2) is 6.00. The van der Waals surface area contributed by atoms with Gasteiger partial charge in [-0.1, -0.05) is 6.07 Å². The molecular weight excluding hydrogens is 279 g/mol. The van der Waals surface area contributed by atoms with Crippen LogP contribution in [0.2, 0.25) is 0 Å². The Morgan fingerprint density at radius 3 is 2.45 bits per heavy atom. The lowest BCUT2D eigenvalue weighted by Gasteiger charge is -2.22. The Labute approximate surface area is 117 Å². The maximum Gasteiger partial charge on any atom is 0.232 e. The van der Waals surface area contributed by atoms with Gasteiger partial charge in [0.05, 0.1) is 11.9 Å². The second-order valence-corrected chi connectivity index (χ2v) is 6.33. The van der Waals surface area contributed by atoms with Crippen molar-refractivity contribution < 1.29 is 12.8 Å². The minimum absolute atomic E-state index is 0.288. The molecule has 1 aromatic heterocycles. The van der Waals surface area contributed by atoms with Crippen molar-refractivity contribution in [1.82, 2.24) is 4.98 Å². The zero-order valence-corrected chi connectivity index (χ0v) is 11.8. The predicted molar refractivity (Wildman–Crippen MR) is 76.5 cm³/mol. The smallest absolute Gasteiger partial charge is 0.232 e. The Morgan fingerprint density at radius 1 is 1.20 bits per heavy atom. The highest BCUT2D eigenvalue weighted by atomic mass is 32.2. The number of aromatic nitrogens is 1. The summed E-state index contributed by atoms with van der Waals surface area (Å²) in [5.74, 6) is -0.394. The van der Waals surface area contributed by atoms with Crippen molar-refractivity contribution in [3.63, 3.8) is 0 Å². The molecule has 2 aromatic rings. The molecule has 106 valence electrons. The van der Waals surface area contributed by atoms with Crippen LogP contribution in [0.3, 0.4) is 0 Å². The van der Waals surface area contributed by atoms with E-state index in [0.717, 1.165) is 11.8 Å². The lowest BCUT2D eigenvalue weighted by Crippen LogP contribution is -2.31. The van der Waals surface area contributed by atoms with E-state index in [-0.39, 0.29) is 6.54 Å². The molecule has 0 N–H and O–H groups in total. The van der Waals surface area contributed by atoms with E-state index < -0.39 is 15.8 Å². The Morgan fingerprint density at radius 2 is 1.90 bits per heavy atom. The van der Waals surface area contributed by atoms with Gasteiger partial charge in [-0.15, -0.1) is 0 Å². The van der Waals surface area contributed by atoms with Crippen molar-refractivity contribution in [3.05, 3.63) is 60.2 Å². The number of hydrogen-bond acceptors (Lipinski definition) is 3. The fraction of sp³-hybridized carbons (Fsp3) is 0.214. The number of hydrogen-bond donors (Lipinski definition) is 0. The van der Waals surface area contributed by atoms with Gasteiger partial charge in [0.15, 0.2) is 0 Å². The third-order valence-corrected chi connectivity index (χ3v) is 4.04. The van der Waals surface area contributed by atoms with Crippen LogP contribution < -0.4 is 4.31 Å². The van der Waals surface area contributed by atoms with Crippen molar-refractivity contribution in [3.8, 4) is 0 Å². The Balaban J connectivity index is 2.19. The molecule has 0 atom stereocenters. The fourth-order valence-electron chi connectivity index (χ4n) is 1.87. The van der Waals surface area contributed by atoms with Gasteiger partial charge in [-0.25, -0.2) is 12.8 Å². The van der Waals surface area contributed by atoms with Crippen molar-refractivity contribution in [2.75, 3.05) is 17.1 Å². The van der Waals surface area contributed by atoms with E-state index >= 15 is 0 Å². The molecule has 0 fully saturated rings. The average Bonchev–Trinajstić information content (AvgIpc) is 2.41. The molecule has 0 spiro atoms. The molecule has 20 heavy (non-hydrogen) atoms. The fourth-order valence-corrected chi connectivity index (χ4v) is 2.80. The molecule has 0 radical (unpaired) electrons. The highest BCUT2D eigenvalue weighted by Crippen LogP contribution is 2.18. The number of benzene rings is 1. The van der Waals surface area contributed by atoms with Crippen molar-refractivity contribution in [2.24, 2.45) is 0 Å². The molecule has 2 rings (SSSR count). The van der Waals surface area contributed by atoms with Gasteiger partial charge in [0, 0.05) is 18.9 Å². The number of pyridine rings is 1. The molecule has 1 aromatic carbocycles.